The predicted molar refractivity (Wildman–Crippen MR) is 112 cm³/mol. The number of benzene rings is 2. The van der Waals surface area contributed by atoms with Crippen molar-refractivity contribution >= 4 is 50.1 Å². The molecule has 2 heterocycles. The van der Waals surface area contributed by atoms with Crippen LogP contribution >= 0.6 is 27.5 Å². The lowest BCUT2D eigenvalue weighted by Crippen LogP contribution is -2.34. The Hall–Kier alpha value is -2.22. The van der Waals surface area contributed by atoms with Crippen molar-refractivity contribution in [1.29, 1.82) is 0 Å². The molecular weight excluding hydrogens is 463 g/mol. The molecule has 1 aliphatic heterocycles. The molecule has 1 atom stereocenters. The molecule has 1 saturated heterocycles. The minimum atomic E-state index is -0.602. The van der Waals surface area contributed by atoms with E-state index in [1.54, 1.807) is 12.1 Å². The van der Waals surface area contributed by atoms with E-state index in [0.29, 0.717) is 18.7 Å². The molecule has 150 valence electrons. The van der Waals surface area contributed by atoms with Crippen LogP contribution in [0.2, 0.25) is 5.02 Å². The first-order valence-corrected chi connectivity index (χ1v) is 10.3. The van der Waals surface area contributed by atoms with Crippen LogP contribution in [0.25, 0.3) is 11.0 Å². The highest BCUT2D eigenvalue weighted by atomic mass is 79.9. The van der Waals surface area contributed by atoms with Crippen LogP contribution in [0.3, 0.4) is 0 Å². The number of nitrogens with zero attached hydrogens (tertiary/aromatic N) is 1. The highest BCUT2D eigenvalue weighted by Crippen LogP contribution is 2.23. The van der Waals surface area contributed by atoms with Gasteiger partial charge in [0.15, 0.2) is 0 Å². The summed E-state index contributed by atoms with van der Waals surface area (Å²) >= 11 is 9.23. The van der Waals surface area contributed by atoms with Crippen LogP contribution in [0.1, 0.15) is 23.2 Å². The van der Waals surface area contributed by atoms with Crippen LogP contribution in [0.4, 0.5) is 10.1 Å². The van der Waals surface area contributed by atoms with Crippen LogP contribution in [-0.4, -0.2) is 25.2 Å². The van der Waals surface area contributed by atoms with Gasteiger partial charge in [0.25, 0.3) is 5.91 Å². The average molecular weight is 480 g/mol. The smallest absolute Gasteiger partial charge is 0.256 e. The van der Waals surface area contributed by atoms with Gasteiger partial charge in [0.2, 0.25) is 5.55 Å². The fourth-order valence-corrected chi connectivity index (χ4v) is 3.67. The third-order valence-corrected chi connectivity index (χ3v) is 5.33. The van der Waals surface area contributed by atoms with Crippen LogP contribution in [-0.2, 0) is 4.74 Å². The molecule has 4 rings (SSSR count). The van der Waals surface area contributed by atoms with Gasteiger partial charge in [-0.25, -0.2) is 9.38 Å². The van der Waals surface area contributed by atoms with Crippen molar-refractivity contribution in [3.63, 3.8) is 0 Å². The third kappa shape index (κ3) is 4.69. The van der Waals surface area contributed by atoms with Crippen LogP contribution in [0.15, 0.2) is 56.3 Å². The summed E-state index contributed by atoms with van der Waals surface area (Å²) in [6.07, 6.45) is 1.89. The fourth-order valence-electron chi connectivity index (χ4n) is 3.14. The molecule has 2 aromatic carbocycles. The molecule has 1 aromatic heterocycles. The van der Waals surface area contributed by atoms with Gasteiger partial charge in [-0.1, -0.05) is 27.5 Å². The van der Waals surface area contributed by atoms with Crippen LogP contribution < -0.4 is 10.9 Å². The van der Waals surface area contributed by atoms with E-state index in [1.807, 2.05) is 12.1 Å². The second-order valence-corrected chi connectivity index (χ2v) is 8.05. The number of hydrogen-bond donors (Lipinski definition) is 1. The number of ether oxygens (including phenoxy) is 1. The molecule has 1 aliphatic rings. The van der Waals surface area contributed by atoms with Gasteiger partial charge in [-0.05, 0) is 55.3 Å². The molecule has 0 saturated carbocycles. The van der Waals surface area contributed by atoms with Gasteiger partial charge >= 0.3 is 0 Å². The predicted octanol–water partition coefficient (Wildman–Crippen LogP) is 5.13. The Bertz CT molecular complexity index is 1140. The third-order valence-electron chi connectivity index (χ3n) is 4.60. The van der Waals surface area contributed by atoms with Gasteiger partial charge in [0.1, 0.15) is 22.7 Å². The molecule has 0 spiro atoms. The van der Waals surface area contributed by atoms with Gasteiger partial charge < -0.3 is 14.5 Å². The number of hydrogen-bond acceptors (Lipinski definition) is 4. The quantitative estimate of drug-likeness (QED) is 0.564. The van der Waals surface area contributed by atoms with Gasteiger partial charge in [0.05, 0.1) is 6.10 Å². The lowest BCUT2D eigenvalue weighted by Gasteiger charge is -2.11. The summed E-state index contributed by atoms with van der Waals surface area (Å²) in [6.45, 7) is 1.10. The number of amides is 1. The fraction of sp³-hybridized carbons (Fsp3) is 0.238. The molecule has 3 aromatic rings. The Kier molecular flexibility index (Phi) is 5.99. The highest BCUT2D eigenvalue weighted by molar-refractivity contribution is 9.10. The van der Waals surface area contributed by atoms with Crippen LogP contribution in [0, 0.1) is 5.82 Å². The maximum Gasteiger partial charge on any atom is 0.256 e. The minimum absolute atomic E-state index is 0.000381. The van der Waals surface area contributed by atoms with Crippen LogP contribution in [0.5, 0.6) is 0 Å². The Morgan fingerprint density at radius 3 is 2.90 bits per heavy atom. The first-order valence-electron chi connectivity index (χ1n) is 9.12. The molecule has 1 amide bonds. The van der Waals surface area contributed by atoms with E-state index in [4.69, 9.17) is 20.8 Å². The maximum absolute atomic E-state index is 14.2. The first-order chi connectivity index (χ1) is 14.0. The minimum Gasteiger partial charge on any atom is -0.438 e. The first kappa shape index (κ1) is 20.1. The topological polar surface area (TPSA) is 63.8 Å². The Morgan fingerprint density at radius 2 is 2.14 bits per heavy atom. The van der Waals surface area contributed by atoms with Gasteiger partial charge in [-0.3, -0.25) is 4.79 Å². The number of carbonyl (C=O) groups is 1. The zero-order chi connectivity index (χ0) is 20.4. The summed E-state index contributed by atoms with van der Waals surface area (Å²) in [4.78, 5) is 17.1. The molecule has 0 aliphatic carbocycles. The summed E-state index contributed by atoms with van der Waals surface area (Å²) < 4.78 is 26.5. The summed E-state index contributed by atoms with van der Waals surface area (Å²) in [6, 6.07) is 11.2. The Labute approximate surface area is 179 Å². The highest BCUT2D eigenvalue weighted by Gasteiger charge is 2.19. The summed E-state index contributed by atoms with van der Waals surface area (Å²) in [5, 5.41) is 3.84. The van der Waals surface area contributed by atoms with E-state index in [9.17, 15) is 9.18 Å². The number of nitrogens with one attached hydrogen (secondary N) is 1. The SMILES string of the molecule is O=C(NCC1CCCO1)c1cc2cc(Br)ccc2oc1=Nc1ccc(Cl)cc1F. The van der Waals surface area contributed by atoms with Crippen molar-refractivity contribution in [1.82, 2.24) is 5.32 Å². The van der Waals surface area contributed by atoms with Crippen molar-refractivity contribution in [3.8, 4) is 0 Å². The van der Waals surface area contributed by atoms with E-state index in [2.05, 4.69) is 26.2 Å². The van der Waals surface area contributed by atoms with Crippen molar-refractivity contribution < 1.29 is 18.3 Å². The van der Waals surface area contributed by atoms with E-state index >= 15 is 0 Å². The summed E-state index contributed by atoms with van der Waals surface area (Å²) in [7, 11) is 0. The number of carbonyl (C=O) groups excluding carboxylic acids is 1. The lowest BCUT2D eigenvalue weighted by atomic mass is 10.1. The maximum atomic E-state index is 14.2. The molecule has 0 radical (unpaired) electrons. The molecular formula is C21H17BrClFN2O3. The molecule has 29 heavy (non-hydrogen) atoms. The molecule has 0 bridgehead atoms. The standard InChI is InChI=1S/C21H17BrClFN2O3/c22-13-3-6-19-12(8-13)9-16(20(27)25-11-15-2-1-7-28-15)21(29-19)26-18-5-4-14(23)10-17(18)24/h3-6,8-10,15H,1-2,7,11H2,(H,25,27). The second-order valence-electron chi connectivity index (χ2n) is 6.70. The van der Waals surface area contributed by atoms with E-state index in [0.717, 1.165) is 28.8 Å². The summed E-state index contributed by atoms with van der Waals surface area (Å²) in [5.74, 6) is -0.964. The van der Waals surface area contributed by atoms with E-state index in [-0.39, 0.29) is 33.8 Å². The Morgan fingerprint density at radius 1 is 1.28 bits per heavy atom. The largest absolute Gasteiger partial charge is 0.438 e. The van der Waals surface area contributed by atoms with E-state index in [1.165, 1.54) is 12.1 Å². The molecule has 1 unspecified atom stereocenters. The van der Waals surface area contributed by atoms with Crippen molar-refractivity contribution in [3.05, 3.63) is 68.9 Å². The molecule has 5 nitrogen and oxygen atoms in total. The van der Waals surface area contributed by atoms with Crippen molar-refractivity contribution in [2.24, 2.45) is 4.99 Å². The zero-order valence-electron chi connectivity index (χ0n) is 15.3. The normalized spacial score (nSPS) is 17.1. The average Bonchev–Trinajstić information content (AvgIpc) is 3.21. The monoisotopic (exact) mass is 478 g/mol. The summed E-state index contributed by atoms with van der Waals surface area (Å²) in [5.41, 5.74) is 0.786. The van der Waals surface area contributed by atoms with Gasteiger partial charge in [-0.15, -0.1) is 0 Å². The van der Waals surface area contributed by atoms with Crippen molar-refractivity contribution in [2.45, 2.75) is 18.9 Å². The molecule has 1 fully saturated rings. The second kappa shape index (κ2) is 8.65. The van der Waals surface area contributed by atoms with Crippen molar-refractivity contribution in [2.75, 3.05) is 13.2 Å². The van der Waals surface area contributed by atoms with Gasteiger partial charge in [0, 0.05) is 28.0 Å². The number of halogens is 3. The Balaban J connectivity index is 1.78. The van der Waals surface area contributed by atoms with Gasteiger partial charge in [-0.2, -0.15) is 0 Å². The molecule has 1 N–H and O–H groups in total. The number of fused-ring (bicyclic) bond motifs is 1. The molecule has 8 heteroatoms. The van der Waals surface area contributed by atoms with E-state index < -0.39 is 5.82 Å². The lowest BCUT2D eigenvalue weighted by molar-refractivity contribution is 0.0854. The zero-order valence-corrected chi connectivity index (χ0v) is 17.6. The number of rotatable bonds is 4.